The second-order valence-corrected chi connectivity index (χ2v) is 4.74. The highest BCUT2D eigenvalue weighted by atomic mass is 16.1. The molecule has 0 N–H and O–H groups in total. The summed E-state index contributed by atoms with van der Waals surface area (Å²) in [4.78, 5) is 11.9. The van der Waals surface area contributed by atoms with Crippen molar-refractivity contribution < 1.29 is 4.79 Å². The van der Waals surface area contributed by atoms with Crippen molar-refractivity contribution in [3.05, 3.63) is 17.0 Å². The van der Waals surface area contributed by atoms with E-state index in [1.165, 1.54) is 25.0 Å². The fraction of sp³-hybridized carbons (Fsp3) is 0.667. The summed E-state index contributed by atoms with van der Waals surface area (Å²) >= 11 is 0. The van der Waals surface area contributed by atoms with E-state index in [2.05, 4.69) is 5.10 Å². The maximum absolute atomic E-state index is 11.9. The second-order valence-electron chi connectivity index (χ2n) is 4.74. The molecule has 0 saturated heterocycles. The van der Waals surface area contributed by atoms with E-state index in [4.69, 9.17) is 0 Å². The zero-order valence-electron chi connectivity index (χ0n) is 9.12. The molecular formula is C12H16N2O. The fourth-order valence-corrected chi connectivity index (χ4v) is 2.76. The number of hydrogen-bond acceptors (Lipinski definition) is 2. The highest BCUT2D eigenvalue weighted by Gasteiger charge is 2.32. The molecule has 2 aliphatic carbocycles. The summed E-state index contributed by atoms with van der Waals surface area (Å²) in [6.07, 6.45) is 6.46. The third kappa shape index (κ3) is 1.25. The van der Waals surface area contributed by atoms with Crippen LogP contribution in [0.2, 0.25) is 0 Å². The molecule has 3 rings (SSSR count). The van der Waals surface area contributed by atoms with Crippen LogP contribution in [0.15, 0.2) is 0 Å². The quantitative estimate of drug-likeness (QED) is 0.703. The highest BCUT2D eigenvalue weighted by molar-refractivity contribution is 5.99. The lowest BCUT2D eigenvalue weighted by Crippen LogP contribution is -2.18. The van der Waals surface area contributed by atoms with Crippen molar-refractivity contribution in [2.45, 2.75) is 44.4 Å². The first kappa shape index (κ1) is 9.13. The van der Waals surface area contributed by atoms with Crippen LogP contribution >= 0.6 is 0 Å². The van der Waals surface area contributed by atoms with Crippen molar-refractivity contribution in [2.75, 3.05) is 0 Å². The van der Waals surface area contributed by atoms with Gasteiger partial charge in [-0.3, -0.25) is 9.48 Å². The Morgan fingerprint density at radius 3 is 2.73 bits per heavy atom. The van der Waals surface area contributed by atoms with E-state index in [0.29, 0.717) is 11.7 Å². The van der Waals surface area contributed by atoms with Gasteiger partial charge >= 0.3 is 0 Å². The molecule has 0 radical (unpaired) electrons. The number of carbonyl (C=O) groups is 1. The van der Waals surface area contributed by atoms with Crippen LogP contribution in [-0.2, 0) is 13.5 Å². The van der Waals surface area contributed by atoms with Gasteiger partial charge < -0.3 is 0 Å². The third-order valence-corrected chi connectivity index (χ3v) is 3.75. The van der Waals surface area contributed by atoms with Crippen LogP contribution in [-0.4, -0.2) is 15.6 Å². The molecule has 80 valence electrons. The molecule has 0 spiro atoms. The Hall–Kier alpha value is -1.12. The van der Waals surface area contributed by atoms with Crippen molar-refractivity contribution in [1.82, 2.24) is 9.78 Å². The largest absolute Gasteiger partial charge is 0.294 e. The van der Waals surface area contributed by atoms with Gasteiger partial charge in [0.25, 0.3) is 0 Å². The summed E-state index contributed by atoms with van der Waals surface area (Å²) in [5.74, 6) is 0.930. The molecule has 2 aliphatic rings. The maximum Gasteiger partial charge on any atom is 0.166 e. The Bertz CT molecular complexity index is 416. The molecule has 15 heavy (non-hydrogen) atoms. The molecule has 3 nitrogen and oxygen atoms in total. The van der Waals surface area contributed by atoms with Crippen molar-refractivity contribution in [3.8, 4) is 0 Å². The van der Waals surface area contributed by atoms with Gasteiger partial charge in [-0.2, -0.15) is 5.10 Å². The first-order valence-electron chi connectivity index (χ1n) is 5.86. The Morgan fingerprint density at radius 1 is 1.27 bits per heavy atom. The number of nitrogens with zero attached hydrogens (tertiary/aromatic N) is 2. The van der Waals surface area contributed by atoms with Crippen LogP contribution in [0.3, 0.4) is 0 Å². The van der Waals surface area contributed by atoms with E-state index in [1.54, 1.807) is 0 Å². The molecule has 1 aromatic rings. The van der Waals surface area contributed by atoms with Gasteiger partial charge in [-0.25, -0.2) is 0 Å². The Balaban J connectivity index is 2.11. The first-order valence-corrected chi connectivity index (χ1v) is 5.86. The number of Topliss-reactive ketones (excluding diaryl/α,β-unsaturated/α-hetero) is 1. The Labute approximate surface area is 89.5 Å². The summed E-state index contributed by atoms with van der Waals surface area (Å²) in [6, 6.07) is 0. The lowest BCUT2D eigenvalue weighted by atomic mass is 9.79. The zero-order chi connectivity index (χ0) is 10.4. The van der Waals surface area contributed by atoms with Crippen molar-refractivity contribution in [2.24, 2.45) is 7.05 Å². The van der Waals surface area contributed by atoms with E-state index in [-0.39, 0.29) is 0 Å². The average Bonchev–Trinajstić information content (AvgIpc) is 2.42. The van der Waals surface area contributed by atoms with E-state index in [0.717, 1.165) is 30.5 Å². The van der Waals surface area contributed by atoms with Crippen LogP contribution in [0.25, 0.3) is 0 Å². The molecule has 1 saturated carbocycles. The van der Waals surface area contributed by atoms with Gasteiger partial charge in [0.2, 0.25) is 0 Å². The lowest BCUT2D eigenvalue weighted by molar-refractivity contribution is 0.0970. The lowest BCUT2D eigenvalue weighted by Gasteiger charge is -2.27. The molecule has 0 aromatic carbocycles. The number of aryl methyl sites for hydroxylation is 2. The predicted molar refractivity (Wildman–Crippen MR) is 57.1 cm³/mol. The molecule has 1 heterocycles. The summed E-state index contributed by atoms with van der Waals surface area (Å²) in [6.45, 7) is 0. The minimum Gasteiger partial charge on any atom is -0.294 e. The number of fused-ring (bicyclic) bond motifs is 1. The van der Waals surface area contributed by atoms with Crippen molar-refractivity contribution in [3.63, 3.8) is 0 Å². The van der Waals surface area contributed by atoms with Gasteiger partial charge in [-0.15, -0.1) is 0 Å². The SMILES string of the molecule is Cn1nc2c(c1C1CCC1)C(=O)CCC2. The number of carbonyl (C=O) groups excluding carboxylic acids is 1. The molecule has 0 amide bonds. The summed E-state index contributed by atoms with van der Waals surface area (Å²) < 4.78 is 1.96. The van der Waals surface area contributed by atoms with Crippen LogP contribution in [0, 0.1) is 0 Å². The van der Waals surface area contributed by atoms with Gasteiger partial charge in [-0.1, -0.05) is 6.42 Å². The Morgan fingerprint density at radius 2 is 2.07 bits per heavy atom. The smallest absolute Gasteiger partial charge is 0.166 e. The van der Waals surface area contributed by atoms with Gasteiger partial charge in [0.1, 0.15) is 0 Å². The van der Waals surface area contributed by atoms with Crippen molar-refractivity contribution in [1.29, 1.82) is 0 Å². The van der Waals surface area contributed by atoms with Crippen LogP contribution in [0.5, 0.6) is 0 Å². The minimum absolute atomic E-state index is 0.325. The molecule has 1 aromatic heterocycles. The predicted octanol–water partition coefficient (Wildman–Crippen LogP) is 2.21. The van der Waals surface area contributed by atoms with E-state index in [9.17, 15) is 4.79 Å². The van der Waals surface area contributed by atoms with Gasteiger partial charge in [-0.05, 0) is 25.7 Å². The van der Waals surface area contributed by atoms with Crippen LogP contribution < -0.4 is 0 Å². The monoisotopic (exact) mass is 204 g/mol. The average molecular weight is 204 g/mol. The van der Waals surface area contributed by atoms with E-state index < -0.39 is 0 Å². The highest BCUT2D eigenvalue weighted by Crippen LogP contribution is 2.40. The third-order valence-electron chi connectivity index (χ3n) is 3.75. The number of hydrogen-bond donors (Lipinski definition) is 0. The van der Waals surface area contributed by atoms with Crippen LogP contribution in [0.1, 0.15) is 59.8 Å². The molecular weight excluding hydrogens is 188 g/mol. The molecule has 0 unspecified atom stereocenters. The molecule has 0 bridgehead atoms. The summed E-state index contributed by atoms with van der Waals surface area (Å²) in [5, 5.41) is 4.50. The van der Waals surface area contributed by atoms with Gasteiger partial charge in [0.15, 0.2) is 5.78 Å². The topological polar surface area (TPSA) is 34.9 Å². The summed E-state index contributed by atoms with van der Waals surface area (Å²) in [5.41, 5.74) is 3.25. The van der Waals surface area contributed by atoms with E-state index >= 15 is 0 Å². The zero-order valence-corrected chi connectivity index (χ0v) is 9.12. The Kier molecular flexibility index (Phi) is 1.94. The molecule has 0 atom stereocenters. The molecule has 3 heteroatoms. The standard InChI is InChI=1S/C12H16N2O/c1-14-12(8-4-2-5-8)11-9(13-14)6-3-7-10(11)15/h8H,2-7H2,1H3. The minimum atomic E-state index is 0.325. The number of rotatable bonds is 1. The molecule has 1 fully saturated rings. The fourth-order valence-electron chi connectivity index (χ4n) is 2.76. The normalized spacial score (nSPS) is 21.3. The van der Waals surface area contributed by atoms with Crippen LogP contribution in [0.4, 0.5) is 0 Å². The van der Waals surface area contributed by atoms with Gasteiger partial charge in [0, 0.05) is 19.4 Å². The second kappa shape index (κ2) is 3.19. The molecule has 0 aliphatic heterocycles. The maximum atomic E-state index is 11.9. The number of aromatic nitrogens is 2. The van der Waals surface area contributed by atoms with Gasteiger partial charge in [0.05, 0.1) is 17.0 Å². The van der Waals surface area contributed by atoms with Crippen molar-refractivity contribution >= 4 is 5.78 Å². The summed E-state index contributed by atoms with van der Waals surface area (Å²) in [7, 11) is 1.99. The number of ketones is 1. The first-order chi connectivity index (χ1) is 7.27. The van der Waals surface area contributed by atoms with E-state index in [1.807, 2.05) is 11.7 Å².